The molecule has 98 valence electrons. The summed E-state index contributed by atoms with van der Waals surface area (Å²) < 4.78 is 66.5. The fourth-order valence-corrected chi connectivity index (χ4v) is 0.935. The summed E-state index contributed by atoms with van der Waals surface area (Å²) in [7, 11) is 0. The van der Waals surface area contributed by atoms with Gasteiger partial charge in [0.2, 0.25) is 6.08 Å². The Kier molecular flexibility index (Phi) is 3.93. The van der Waals surface area contributed by atoms with Crippen LogP contribution in [0.3, 0.4) is 0 Å². The second kappa shape index (κ2) is 4.91. The van der Waals surface area contributed by atoms with Crippen LogP contribution in [0.15, 0.2) is 23.2 Å². The zero-order valence-corrected chi connectivity index (χ0v) is 9.02. The van der Waals surface area contributed by atoms with Crippen molar-refractivity contribution < 1.29 is 31.5 Å². The van der Waals surface area contributed by atoms with Gasteiger partial charge in [0.1, 0.15) is 11.4 Å². The summed E-state index contributed by atoms with van der Waals surface area (Å²) in [5.74, 6) is -2.12. The lowest BCUT2D eigenvalue weighted by atomic mass is 10.3. The Balaban J connectivity index is 3.00. The third-order valence-electron chi connectivity index (χ3n) is 1.66. The van der Waals surface area contributed by atoms with Crippen LogP contribution >= 0.6 is 11.6 Å². The molecule has 9 heteroatoms. The third kappa shape index (κ3) is 3.18. The SMILES string of the molecule is O=C=Nc1ccc(OC(F)(F)C(F)(F)Cl)cc1F. The number of benzene rings is 1. The number of carbonyl (C=O) groups excluding carboxylic acids is 1. The first-order valence-corrected chi connectivity index (χ1v) is 4.56. The maximum Gasteiger partial charge on any atom is 0.480 e. The van der Waals surface area contributed by atoms with E-state index in [2.05, 4.69) is 21.3 Å². The Morgan fingerprint density at radius 3 is 2.33 bits per heavy atom. The predicted octanol–water partition coefficient (Wildman–Crippen LogP) is 3.60. The van der Waals surface area contributed by atoms with Gasteiger partial charge >= 0.3 is 11.5 Å². The van der Waals surface area contributed by atoms with Crippen molar-refractivity contribution in [3.05, 3.63) is 24.0 Å². The Hall–Kier alpha value is -1.66. The lowest BCUT2D eigenvalue weighted by Gasteiger charge is -2.21. The molecule has 0 bridgehead atoms. The number of hydrogen-bond donors (Lipinski definition) is 0. The van der Waals surface area contributed by atoms with Crippen molar-refractivity contribution in [2.75, 3.05) is 0 Å². The first-order chi connectivity index (χ1) is 8.17. The van der Waals surface area contributed by atoms with Crippen molar-refractivity contribution in [3.63, 3.8) is 0 Å². The minimum absolute atomic E-state index is 0.354. The van der Waals surface area contributed by atoms with E-state index >= 15 is 0 Å². The number of rotatable bonds is 4. The van der Waals surface area contributed by atoms with E-state index in [-0.39, 0.29) is 0 Å². The molecule has 0 atom stereocenters. The molecule has 0 saturated carbocycles. The fourth-order valence-electron chi connectivity index (χ4n) is 0.897. The van der Waals surface area contributed by atoms with E-state index in [9.17, 15) is 26.7 Å². The standard InChI is InChI=1S/C9H3ClF5NO2/c10-8(12,13)9(14,15)18-5-1-2-7(16-4-17)6(11)3-5/h1-3H. The van der Waals surface area contributed by atoms with Crippen LogP contribution in [0.2, 0.25) is 0 Å². The average Bonchev–Trinajstić information content (AvgIpc) is 2.20. The number of alkyl halides is 5. The smallest absolute Gasteiger partial charge is 0.427 e. The molecule has 18 heavy (non-hydrogen) atoms. The van der Waals surface area contributed by atoms with Gasteiger partial charge in [0.05, 0.1) is 0 Å². The van der Waals surface area contributed by atoms with Crippen molar-refractivity contribution >= 4 is 23.4 Å². The number of nitrogens with zero attached hydrogens (tertiary/aromatic N) is 1. The molecule has 0 aliphatic rings. The van der Waals surface area contributed by atoms with Gasteiger partial charge in [0.25, 0.3) is 0 Å². The van der Waals surface area contributed by atoms with Crippen LogP contribution in [-0.2, 0) is 4.79 Å². The van der Waals surface area contributed by atoms with Gasteiger partial charge in [-0.1, -0.05) is 0 Å². The first kappa shape index (κ1) is 14.4. The van der Waals surface area contributed by atoms with Gasteiger partial charge in [-0.05, 0) is 23.7 Å². The summed E-state index contributed by atoms with van der Waals surface area (Å²) in [5.41, 5.74) is -0.502. The highest BCUT2D eigenvalue weighted by Crippen LogP contribution is 2.39. The van der Waals surface area contributed by atoms with E-state index in [1.54, 1.807) is 0 Å². The monoisotopic (exact) mass is 287 g/mol. The molecule has 0 N–H and O–H groups in total. The van der Waals surface area contributed by atoms with Crippen molar-refractivity contribution in [3.8, 4) is 5.75 Å². The van der Waals surface area contributed by atoms with Gasteiger partial charge in [-0.3, -0.25) is 0 Å². The summed E-state index contributed by atoms with van der Waals surface area (Å²) in [6.07, 6.45) is -4.00. The second-order valence-corrected chi connectivity index (χ2v) is 3.41. The lowest BCUT2D eigenvalue weighted by Crippen LogP contribution is -2.41. The van der Waals surface area contributed by atoms with E-state index in [0.29, 0.717) is 6.07 Å². The quantitative estimate of drug-likeness (QED) is 0.367. The maximum absolute atomic E-state index is 13.1. The van der Waals surface area contributed by atoms with Crippen LogP contribution in [0, 0.1) is 5.82 Å². The van der Waals surface area contributed by atoms with E-state index in [4.69, 9.17) is 0 Å². The molecule has 0 fully saturated rings. The molecule has 1 aromatic carbocycles. The zero-order chi connectivity index (χ0) is 14.0. The first-order valence-electron chi connectivity index (χ1n) is 4.18. The Morgan fingerprint density at radius 2 is 1.89 bits per heavy atom. The fraction of sp³-hybridized carbons (Fsp3) is 0.222. The van der Waals surface area contributed by atoms with E-state index in [1.807, 2.05) is 0 Å². The average molecular weight is 288 g/mol. The number of ether oxygens (including phenoxy) is 1. The van der Waals surface area contributed by atoms with E-state index in [0.717, 1.165) is 18.2 Å². The van der Waals surface area contributed by atoms with Crippen LogP contribution in [-0.4, -0.2) is 17.6 Å². The van der Waals surface area contributed by atoms with Gasteiger partial charge in [-0.2, -0.15) is 22.6 Å². The summed E-state index contributed by atoms with van der Waals surface area (Å²) in [5, 5.41) is -4.96. The molecule has 1 rings (SSSR count). The zero-order valence-electron chi connectivity index (χ0n) is 8.26. The van der Waals surface area contributed by atoms with E-state index < -0.39 is 28.7 Å². The molecular weight excluding hydrogens is 285 g/mol. The molecule has 0 saturated heterocycles. The van der Waals surface area contributed by atoms with Crippen LogP contribution in [0.1, 0.15) is 0 Å². The van der Waals surface area contributed by atoms with E-state index in [1.165, 1.54) is 0 Å². The molecule has 0 radical (unpaired) electrons. The summed E-state index contributed by atoms with van der Waals surface area (Å²) in [4.78, 5) is 12.7. The van der Waals surface area contributed by atoms with Gasteiger partial charge in [0.15, 0.2) is 5.82 Å². The highest BCUT2D eigenvalue weighted by atomic mass is 35.5. The minimum Gasteiger partial charge on any atom is -0.427 e. The Bertz CT molecular complexity index is 496. The number of hydrogen-bond acceptors (Lipinski definition) is 3. The molecule has 0 heterocycles. The number of aliphatic imine (C=N–C) groups is 1. The van der Waals surface area contributed by atoms with Crippen LogP contribution in [0.5, 0.6) is 5.75 Å². The molecule has 0 unspecified atom stereocenters. The molecule has 0 aliphatic carbocycles. The molecule has 0 aromatic heterocycles. The molecule has 0 spiro atoms. The minimum atomic E-state index is -5.02. The molecule has 1 aromatic rings. The van der Waals surface area contributed by atoms with Crippen LogP contribution < -0.4 is 4.74 Å². The number of halogens is 6. The van der Waals surface area contributed by atoms with Crippen molar-refractivity contribution in [2.24, 2.45) is 4.99 Å². The Morgan fingerprint density at radius 1 is 1.28 bits per heavy atom. The second-order valence-electron chi connectivity index (χ2n) is 2.93. The van der Waals surface area contributed by atoms with Gasteiger partial charge in [-0.25, -0.2) is 9.18 Å². The summed E-state index contributed by atoms with van der Waals surface area (Å²) in [6.45, 7) is 0. The molecule has 0 amide bonds. The van der Waals surface area contributed by atoms with Gasteiger partial charge < -0.3 is 4.74 Å². The highest BCUT2D eigenvalue weighted by molar-refractivity contribution is 6.22. The third-order valence-corrected chi connectivity index (χ3v) is 1.88. The molecule has 3 nitrogen and oxygen atoms in total. The molecular formula is C9H3ClF5NO2. The topological polar surface area (TPSA) is 38.7 Å². The summed E-state index contributed by atoms with van der Waals surface area (Å²) in [6, 6.07) is 1.85. The van der Waals surface area contributed by atoms with Crippen molar-refractivity contribution in [1.29, 1.82) is 0 Å². The largest absolute Gasteiger partial charge is 0.480 e. The highest BCUT2D eigenvalue weighted by Gasteiger charge is 2.58. The summed E-state index contributed by atoms with van der Waals surface area (Å²) >= 11 is 4.12. The van der Waals surface area contributed by atoms with Crippen molar-refractivity contribution in [2.45, 2.75) is 11.5 Å². The normalized spacial score (nSPS) is 11.9. The van der Waals surface area contributed by atoms with Gasteiger partial charge in [-0.15, -0.1) is 0 Å². The van der Waals surface area contributed by atoms with Crippen LogP contribution in [0.4, 0.5) is 27.6 Å². The van der Waals surface area contributed by atoms with Crippen LogP contribution in [0.25, 0.3) is 0 Å². The maximum atomic E-state index is 13.1. The van der Waals surface area contributed by atoms with Gasteiger partial charge in [0, 0.05) is 6.07 Å². The Labute approximate surface area is 102 Å². The number of isocyanates is 1. The van der Waals surface area contributed by atoms with Crippen molar-refractivity contribution in [1.82, 2.24) is 0 Å². The molecule has 0 aliphatic heterocycles. The lowest BCUT2D eigenvalue weighted by molar-refractivity contribution is -0.273. The predicted molar refractivity (Wildman–Crippen MR) is 50.6 cm³/mol.